The van der Waals surface area contributed by atoms with Crippen molar-refractivity contribution in [1.82, 2.24) is 14.1 Å². The molecule has 1 aliphatic rings. The van der Waals surface area contributed by atoms with Crippen LogP contribution in [0.25, 0.3) is 22.2 Å². The van der Waals surface area contributed by atoms with Gasteiger partial charge in [0.05, 0.1) is 17.6 Å². The zero-order valence-electron chi connectivity index (χ0n) is 16.8. The largest absolute Gasteiger partial charge is 0.522 e. The van der Waals surface area contributed by atoms with Gasteiger partial charge in [0.2, 0.25) is 0 Å². The van der Waals surface area contributed by atoms with E-state index in [2.05, 4.69) is 4.74 Å². The molecule has 1 aliphatic heterocycles. The molecule has 10 heteroatoms. The van der Waals surface area contributed by atoms with Gasteiger partial charge in [0.25, 0.3) is 5.56 Å². The van der Waals surface area contributed by atoms with Gasteiger partial charge >= 0.3 is 6.36 Å². The number of benzene rings is 1. The summed E-state index contributed by atoms with van der Waals surface area (Å²) in [6.45, 7) is 0.685. The number of alkyl halides is 3. The van der Waals surface area contributed by atoms with Gasteiger partial charge < -0.3 is 13.9 Å². The van der Waals surface area contributed by atoms with Crippen LogP contribution in [0.2, 0.25) is 5.02 Å². The van der Waals surface area contributed by atoms with Crippen molar-refractivity contribution in [3.63, 3.8) is 0 Å². The molecule has 0 radical (unpaired) electrons. The summed E-state index contributed by atoms with van der Waals surface area (Å²) in [5.41, 5.74) is 2.59. The summed E-state index contributed by atoms with van der Waals surface area (Å²) in [4.78, 5) is 16.6. The fourth-order valence-electron chi connectivity index (χ4n) is 3.91. The molecule has 3 aromatic rings. The average molecular weight is 456 g/mol. The number of pyridine rings is 1. The Kier molecular flexibility index (Phi) is 6.09. The van der Waals surface area contributed by atoms with E-state index in [4.69, 9.17) is 21.3 Å². The Morgan fingerprint density at radius 2 is 1.97 bits per heavy atom. The van der Waals surface area contributed by atoms with E-state index in [1.54, 1.807) is 23.9 Å². The summed E-state index contributed by atoms with van der Waals surface area (Å²) < 4.78 is 50.3. The molecule has 0 spiro atoms. The molecule has 0 amide bonds. The van der Waals surface area contributed by atoms with Gasteiger partial charge in [0.15, 0.2) is 0 Å². The zero-order chi connectivity index (χ0) is 22.2. The van der Waals surface area contributed by atoms with E-state index >= 15 is 0 Å². The second-order valence-electron chi connectivity index (χ2n) is 7.50. The predicted molar refractivity (Wildman–Crippen MR) is 110 cm³/mol. The molecule has 6 nitrogen and oxygen atoms in total. The van der Waals surface area contributed by atoms with Crippen molar-refractivity contribution in [1.29, 1.82) is 0 Å². The molecule has 166 valence electrons. The Balaban J connectivity index is 1.77. The highest BCUT2D eigenvalue weighted by molar-refractivity contribution is 6.30. The highest BCUT2D eigenvalue weighted by Gasteiger charge is 2.29. The van der Waals surface area contributed by atoms with Gasteiger partial charge in [-0.3, -0.25) is 9.53 Å². The van der Waals surface area contributed by atoms with Crippen LogP contribution in [-0.2, 0) is 23.1 Å². The fourth-order valence-corrected chi connectivity index (χ4v) is 4.16. The van der Waals surface area contributed by atoms with Crippen molar-refractivity contribution in [3.05, 3.63) is 51.7 Å². The van der Waals surface area contributed by atoms with E-state index in [9.17, 15) is 18.0 Å². The molecule has 0 bridgehead atoms. The van der Waals surface area contributed by atoms with Crippen LogP contribution in [-0.4, -0.2) is 40.3 Å². The van der Waals surface area contributed by atoms with Gasteiger partial charge in [-0.05, 0) is 42.2 Å². The lowest BCUT2D eigenvalue weighted by Gasteiger charge is -2.23. The number of nitrogens with zero attached hydrogens (tertiary/aromatic N) is 3. The van der Waals surface area contributed by atoms with Crippen LogP contribution in [0.4, 0.5) is 13.2 Å². The van der Waals surface area contributed by atoms with Crippen LogP contribution < -0.4 is 5.56 Å². The topological polar surface area (TPSA) is 58.3 Å². The van der Waals surface area contributed by atoms with Crippen molar-refractivity contribution in [2.24, 2.45) is 7.05 Å². The highest BCUT2D eigenvalue weighted by Crippen LogP contribution is 2.32. The number of fused-ring (bicyclic) bond motifs is 1. The Bertz CT molecular complexity index is 1120. The number of rotatable bonds is 5. The third-order valence-corrected chi connectivity index (χ3v) is 5.69. The van der Waals surface area contributed by atoms with Gasteiger partial charge in [-0.2, -0.15) is 0 Å². The molecule has 0 N–H and O–H groups in total. The summed E-state index contributed by atoms with van der Waals surface area (Å²) >= 11 is 6.05. The maximum atomic E-state index is 12.5. The molecule has 1 fully saturated rings. The molecule has 0 saturated carbocycles. The van der Waals surface area contributed by atoms with Crippen LogP contribution >= 0.6 is 11.6 Å². The van der Waals surface area contributed by atoms with E-state index in [-0.39, 0.29) is 23.0 Å². The van der Waals surface area contributed by atoms with Crippen molar-refractivity contribution in [2.75, 3.05) is 19.8 Å². The lowest BCUT2D eigenvalue weighted by Crippen LogP contribution is -2.21. The van der Waals surface area contributed by atoms with Gasteiger partial charge in [-0.25, -0.2) is 4.98 Å². The minimum absolute atomic E-state index is 0.0141. The summed E-state index contributed by atoms with van der Waals surface area (Å²) in [5, 5.41) is 0.0927. The van der Waals surface area contributed by atoms with Crippen LogP contribution in [0.1, 0.15) is 24.6 Å². The van der Waals surface area contributed by atoms with Crippen molar-refractivity contribution in [2.45, 2.75) is 31.7 Å². The van der Waals surface area contributed by atoms with E-state index in [1.807, 2.05) is 18.2 Å². The average Bonchev–Trinajstić information content (AvgIpc) is 3.09. The number of halogens is 4. The van der Waals surface area contributed by atoms with Gasteiger partial charge in [0.1, 0.15) is 10.8 Å². The Labute approximate surface area is 181 Å². The number of aryl methyl sites for hydroxylation is 1. The van der Waals surface area contributed by atoms with E-state index in [0.29, 0.717) is 24.2 Å². The zero-order valence-corrected chi connectivity index (χ0v) is 17.5. The van der Waals surface area contributed by atoms with E-state index in [0.717, 1.165) is 29.8 Å². The summed E-state index contributed by atoms with van der Waals surface area (Å²) in [6, 6.07) is 7.12. The number of imidazole rings is 1. The normalized spacial score (nSPS) is 15.6. The number of hydrogen-bond acceptors (Lipinski definition) is 4. The van der Waals surface area contributed by atoms with Gasteiger partial charge in [0, 0.05) is 38.9 Å². The molecular formula is C21H21ClF3N3O3. The summed E-state index contributed by atoms with van der Waals surface area (Å²) in [5.74, 6) is 0.835. The molecule has 0 aliphatic carbocycles. The Morgan fingerprint density at radius 1 is 1.23 bits per heavy atom. The van der Waals surface area contributed by atoms with E-state index in [1.165, 1.54) is 4.57 Å². The monoisotopic (exact) mass is 455 g/mol. The first-order chi connectivity index (χ1) is 14.7. The van der Waals surface area contributed by atoms with Gasteiger partial charge in [-0.1, -0.05) is 17.7 Å². The molecule has 0 atom stereocenters. The van der Waals surface area contributed by atoms with Crippen LogP contribution in [0.5, 0.6) is 0 Å². The number of aromatic nitrogens is 3. The fraction of sp³-hybridized carbons (Fsp3) is 0.429. The number of hydrogen-bond donors (Lipinski definition) is 0. The number of ether oxygens (including phenoxy) is 2. The van der Waals surface area contributed by atoms with Crippen molar-refractivity contribution < 1.29 is 22.6 Å². The molecule has 1 aromatic carbocycles. The van der Waals surface area contributed by atoms with Crippen LogP contribution in [0.3, 0.4) is 0 Å². The molecule has 31 heavy (non-hydrogen) atoms. The molecule has 1 saturated heterocycles. The first-order valence-corrected chi connectivity index (χ1v) is 10.3. The van der Waals surface area contributed by atoms with Crippen LogP contribution in [0.15, 0.2) is 35.3 Å². The molecule has 2 aromatic heterocycles. The third-order valence-electron chi connectivity index (χ3n) is 5.42. The second kappa shape index (κ2) is 8.64. The first kappa shape index (κ1) is 21.9. The lowest BCUT2D eigenvalue weighted by molar-refractivity contribution is -0.325. The standard InChI is InChI=1S/C21H21ClF3N3O3/c1-27-12-15(10-16(22)20(27)29)14-2-3-17-18(11-14)28(6-9-31-21(23,24)25)19(26-17)13-4-7-30-8-5-13/h2-3,10-13H,4-9H2,1H3. The molecule has 3 heterocycles. The van der Waals surface area contributed by atoms with Crippen molar-refractivity contribution >= 4 is 22.6 Å². The molecular weight excluding hydrogens is 435 g/mol. The predicted octanol–water partition coefficient (Wildman–Crippen LogP) is 4.49. The lowest BCUT2D eigenvalue weighted by atomic mass is 9.99. The Hall–Kier alpha value is -2.36. The summed E-state index contributed by atoms with van der Waals surface area (Å²) in [7, 11) is 1.61. The summed E-state index contributed by atoms with van der Waals surface area (Å²) in [6.07, 6.45) is -1.51. The third kappa shape index (κ3) is 4.78. The quantitative estimate of drug-likeness (QED) is 0.569. The van der Waals surface area contributed by atoms with Crippen molar-refractivity contribution in [3.8, 4) is 11.1 Å². The Morgan fingerprint density at radius 3 is 2.65 bits per heavy atom. The first-order valence-electron chi connectivity index (χ1n) is 9.88. The van der Waals surface area contributed by atoms with E-state index < -0.39 is 13.0 Å². The minimum atomic E-state index is -4.69. The van der Waals surface area contributed by atoms with Crippen LogP contribution in [0, 0.1) is 0 Å². The molecule has 4 rings (SSSR count). The second-order valence-corrected chi connectivity index (χ2v) is 7.91. The SMILES string of the molecule is Cn1cc(-c2ccc3nc(C4CCOCC4)n(CCOC(F)(F)F)c3c2)cc(Cl)c1=O. The minimum Gasteiger partial charge on any atom is -0.381 e. The molecule has 0 unspecified atom stereocenters. The smallest absolute Gasteiger partial charge is 0.381 e. The maximum absolute atomic E-state index is 12.5. The highest BCUT2D eigenvalue weighted by atomic mass is 35.5. The van der Waals surface area contributed by atoms with Gasteiger partial charge in [-0.15, -0.1) is 13.2 Å². The maximum Gasteiger partial charge on any atom is 0.522 e.